The highest BCUT2D eigenvalue weighted by molar-refractivity contribution is 6.01. The summed E-state index contributed by atoms with van der Waals surface area (Å²) in [7, 11) is 3.60. The lowest BCUT2D eigenvalue weighted by atomic mass is 10.0. The number of carbonyl (C=O) groups excluding carboxylic acids is 1. The average molecular weight is 628 g/mol. The fourth-order valence-corrected chi connectivity index (χ4v) is 7.08. The van der Waals surface area contributed by atoms with Crippen LogP contribution in [0.3, 0.4) is 0 Å². The summed E-state index contributed by atoms with van der Waals surface area (Å²) in [4.78, 5) is 22.7. The number of ether oxygens (including phenoxy) is 1. The number of halogens is 1. The molecule has 46 heavy (non-hydrogen) atoms. The summed E-state index contributed by atoms with van der Waals surface area (Å²) in [6.45, 7) is 6.90. The highest BCUT2D eigenvalue weighted by Gasteiger charge is 2.31. The third kappa shape index (κ3) is 5.51. The molecule has 2 aliphatic rings. The van der Waals surface area contributed by atoms with E-state index in [0.717, 1.165) is 58.8 Å². The number of imidazole rings is 1. The van der Waals surface area contributed by atoms with Crippen molar-refractivity contribution in [3.05, 3.63) is 66.0 Å². The molecule has 1 fully saturated rings. The maximum absolute atomic E-state index is 14.4. The predicted octanol–water partition coefficient (Wildman–Crippen LogP) is 4.55. The molecular weight excluding hydrogens is 585 g/mol. The van der Waals surface area contributed by atoms with Crippen molar-refractivity contribution in [2.75, 3.05) is 38.2 Å². The monoisotopic (exact) mass is 627 g/mol. The number of benzene rings is 2. The summed E-state index contributed by atoms with van der Waals surface area (Å²) < 4.78 is 26.8. The molecule has 0 bridgehead atoms. The first-order valence-electron chi connectivity index (χ1n) is 16.0. The van der Waals surface area contributed by atoms with E-state index in [-0.39, 0.29) is 18.9 Å². The van der Waals surface area contributed by atoms with Gasteiger partial charge in [-0.05, 0) is 62.6 Å². The van der Waals surface area contributed by atoms with Gasteiger partial charge in [-0.15, -0.1) is 0 Å². The Balaban J connectivity index is 1.37. The zero-order valence-corrected chi connectivity index (χ0v) is 26.9. The minimum absolute atomic E-state index is 0.0237. The molecule has 0 aliphatic carbocycles. The van der Waals surface area contributed by atoms with E-state index in [2.05, 4.69) is 50.6 Å². The molecule has 2 atom stereocenters. The number of hydrogen-bond acceptors (Lipinski definition) is 6. The van der Waals surface area contributed by atoms with Crippen LogP contribution in [0.1, 0.15) is 42.6 Å². The number of rotatable bonds is 8. The Kier molecular flexibility index (Phi) is 7.56. The number of alkyl halides is 1. The van der Waals surface area contributed by atoms with Gasteiger partial charge in [0.2, 0.25) is 0 Å². The lowest BCUT2D eigenvalue weighted by Crippen LogP contribution is -2.50. The number of anilines is 1. The van der Waals surface area contributed by atoms with Crippen molar-refractivity contribution in [2.45, 2.75) is 57.6 Å². The minimum Gasteiger partial charge on any atom is -0.494 e. The van der Waals surface area contributed by atoms with Gasteiger partial charge in [0.25, 0.3) is 5.91 Å². The van der Waals surface area contributed by atoms with Crippen LogP contribution in [0, 0.1) is 0 Å². The summed E-state index contributed by atoms with van der Waals surface area (Å²) in [6.07, 6.45) is 3.88. The fraction of sp³-hybridized carbons (Fsp3) is 0.429. The molecule has 1 saturated heterocycles. The lowest BCUT2D eigenvalue weighted by Gasteiger charge is -2.33. The van der Waals surface area contributed by atoms with Gasteiger partial charge < -0.3 is 39.1 Å². The number of aliphatic hydroxyl groups is 1. The summed E-state index contributed by atoms with van der Waals surface area (Å²) in [5.74, 6) is 1.02. The standard InChI is InChI=1S/C35H42FN7O3/c1-35(2,45)9-11-40-12-13-42-29(15-23-6-5-7-28(40)31(23)42)33-38-27-14-24(34(44)41-20-25(36)17-26(37)21-41)16-30(46-4)32(27)43(33)19-22-8-10-39(3)18-22/h5-8,10,14-16,18,25-26,45H,9,11-13,17,19-21,37H2,1-4H3/t25-,26-/m1/s1. The van der Waals surface area contributed by atoms with Gasteiger partial charge in [-0.1, -0.05) is 12.1 Å². The topological polar surface area (TPSA) is 107 Å². The van der Waals surface area contributed by atoms with Crippen molar-refractivity contribution in [3.63, 3.8) is 0 Å². The van der Waals surface area contributed by atoms with Gasteiger partial charge in [0.05, 0.1) is 48.2 Å². The van der Waals surface area contributed by atoms with Gasteiger partial charge in [-0.25, -0.2) is 9.37 Å². The first-order chi connectivity index (χ1) is 22.0. The minimum atomic E-state index is -1.15. The Morgan fingerprint density at radius 3 is 2.70 bits per heavy atom. The fourth-order valence-electron chi connectivity index (χ4n) is 7.08. The number of methoxy groups -OCH3 is 1. The summed E-state index contributed by atoms with van der Waals surface area (Å²) >= 11 is 0. The van der Waals surface area contributed by atoms with E-state index >= 15 is 0 Å². The van der Waals surface area contributed by atoms with Gasteiger partial charge in [0, 0.05) is 62.6 Å². The third-order valence-corrected chi connectivity index (χ3v) is 9.28. The molecule has 3 N–H and O–H groups in total. The number of para-hydroxylation sites is 1. The van der Waals surface area contributed by atoms with Crippen LogP contribution >= 0.6 is 0 Å². The van der Waals surface area contributed by atoms with Crippen molar-refractivity contribution in [3.8, 4) is 17.3 Å². The van der Waals surface area contributed by atoms with Crippen molar-refractivity contribution in [1.82, 2.24) is 23.6 Å². The molecule has 0 unspecified atom stereocenters. The van der Waals surface area contributed by atoms with Crippen molar-refractivity contribution in [1.29, 1.82) is 0 Å². The van der Waals surface area contributed by atoms with E-state index < -0.39 is 17.8 Å². The molecule has 10 nitrogen and oxygen atoms in total. The predicted molar refractivity (Wildman–Crippen MR) is 178 cm³/mol. The van der Waals surface area contributed by atoms with Crippen LogP contribution in [0.4, 0.5) is 10.1 Å². The van der Waals surface area contributed by atoms with Crippen molar-refractivity contribution < 1.29 is 19.0 Å². The molecule has 0 spiro atoms. The van der Waals surface area contributed by atoms with Gasteiger partial charge in [0.1, 0.15) is 17.4 Å². The van der Waals surface area contributed by atoms with Gasteiger partial charge in [0.15, 0.2) is 5.82 Å². The van der Waals surface area contributed by atoms with Crippen LogP contribution in [0.25, 0.3) is 33.5 Å². The molecule has 0 saturated carbocycles. The second-order valence-electron chi connectivity index (χ2n) is 13.5. The molecule has 11 heteroatoms. The molecule has 2 aromatic carbocycles. The third-order valence-electron chi connectivity index (χ3n) is 9.28. The van der Waals surface area contributed by atoms with Crippen LogP contribution in [0.5, 0.6) is 5.75 Å². The Labute approximate surface area is 267 Å². The number of hydrogen-bond donors (Lipinski definition) is 2. The van der Waals surface area contributed by atoms with E-state index in [1.165, 1.54) is 4.90 Å². The molecule has 2 aliphatic heterocycles. The maximum Gasteiger partial charge on any atom is 0.254 e. The Hall–Kier alpha value is -4.35. The zero-order chi connectivity index (χ0) is 32.3. The molecule has 0 radical (unpaired) electrons. The van der Waals surface area contributed by atoms with Crippen LogP contribution in [-0.2, 0) is 20.1 Å². The molecule has 242 valence electrons. The van der Waals surface area contributed by atoms with E-state index in [9.17, 15) is 14.3 Å². The molecule has 5 aromatic rings. The van der Waals surface area contributed by atoms with Crippen LogP contribution in [-0.4, -0.2) is 85.7 Å². The van der Waals surface area contributed by atoms with Gasteiger partial charge in [-0.2, -0.15) is 0 Å². The smallest absolute Gasteiger partial charge is 0.254 e. The van der Waals surface area contributed by atoms with Gasteiger partial charge >= 0.3 is 0 Å². The first kappa shape index (κ1) is 30.3. The SMILES string of the molecule is COc1cc(C(=O)N2C[C@H](N)C[C@@H](F)C2)cc2nc(-c3cc4cccc5c4n3CCN5CCC(C)(C)O)n(Cc3ccn(C)c3)c12. The van der Waals surface area contributed by atoms with E-state index in [1.807, 2.05) is 31.7 Å². The summed E-state index contributed by atoms with van der Waals surface area (Å²) in [5, 5.41) is 11.5. The number of amides is 1. The number of nitrogens with two attached hydrogens (primary N) is 1. The Morgan fingerprint density at radius 1 is 1.15 bits per heavy atom. The largest absolute Gasteiger partial charge is 0.494 e. The van der Waals surface area contributed by atoms with E-state index in [4.69, 9.17) is 15.5 Å². The molecular formula is C35H42FN7O3. The van der Waals surface area contributed by atoms with Gasteiger partial charge in [-0.3, -0.25) is 4.79 Å². The Bertz CT molecular complexity index is 1920. The summed E-state index contributed by atoms with van der Waals surface area (Å²) in [6, 6.07) is 13.8. The number of likely N-dealkylation sites (tertiary alicyclic amines) is 1. The average Bonchev–Trinajstić information content (AvgIpc) is 3.71. The second-order valence-corrected chi connectivity index (χ2v) is 13.5. The highest BCUT2D eigenvalue weighted by Crippen LogP contribution is 2.40. The number of fused-ring (bicyclic) bond motifs is 1. The number of aromatic nitrogens is 4. The Morgan fingerprint density at radius 2 is 1.98 bits per heavy atom. The first-order valence-corrected chi connectivity index (χ1v) is 16.0. The lowest BCUT2D eigenvalue weighted by molar-refractivity contribution is 0.0606. The molecule has 5 heterocycles. The number of carbonyl (C=O) groups is 1. The maximum atomic E-state index is 14.4. The van der Waals surface area contributed by atoms with Crippen molar-refractivity contribution in [2.24, 2.45) is 12.8 Å². The highest BCUT2D eigenvalue weighted by atomic mass is 19.1. The summed E-state index contributed by atoms with van der Waals surface area (Å²) in [5.41, 5.74) is 11.5. The van der Waals surface area contributed by atoms with Crippen LogP contribution in [0.15, 0.2) is 54.9 Å². The van der Waals surface area contributed by atoms with Crippen LogP contribution < -0.4 is 15.4 Å². The number of piperidine rings is 1. The quantitative estimate of drug-likeness (QED) is 0.262. The molecule has 1 amide bonds. The zero-order valence-electron chi connectivity index (χ0n) is 26.9. The number of nitrogens with zero attached hydrogens (tertiary/aromatic N) is 6. The normalized spacial score (nSPS) is 18.6. The second kappa shape index (κ2) is 11.5. The van der Waals surface area contributed by atoms with E-state index in [1.54, 1.807) is 19.2 Å². The number of aryl methyl sites for hydroxylation is 1. The van der Waals surface area contributed by atoms with Crippen LogP contribution in [0.2, 0.25) is 0 Å². The molecule has 3 aromatic heterocycles. The van der Waals surface area contributed by atoms with E-state index in [0.29, 0.717) is 36.3 Å². The van der Waals surface area contributed by atoms with Crippen molar-refractivity contribution >= 4 is 33.5 Å². The molecule has 7 rings (SSSR count).